The summed E-state index contributed by atoms with van der Waals surface area (Å²) in [5.41, 5.74) is 4.29. The minimum Gasteiger partial charge on any atom is -0.465 e. The highest BCUT2D eigenvalue weighted by molar-refractivity contribution is 6.01. The minimum atomic E-state index is -1.22. The van der Waals surface area contributed by atoms with Gasteiger partial charge in [0.2, 0.25) is 5.91 Å². The molecule has 15 nitrogen and oxygen atoms in total. The van der Waals surface area contributed by atoms with E-state index >= 15 is 0 Å². The smallest absolute Gasteiger partial charge is 0.408 e. The van der Waals surface area contributed by atoms with Gasteiger partial charge in [0.25, 0.3) is 11.8 Å². The molecule has 0 aliphatic carbocycles. The fourth-order valence-corrected chi connectivity index (χ4v) is 9.07. The molecule has 0 radical (unpaired) electrons. The number of benzene rings is 4. The third-order valence-electron chi connectivity index (χ3n) is 12.0. The van der Waals surface area contributed by atoms with E-state index in [2.05, 4.69) is 20.6 Å². The normalized spacial score (nSPS) is 17.5. The fourth-order valence-electron chi connectivity index (χ4n) is 9.07. The molecule has 4 heterocycles. The van der Waals surface area contributed by atoms with Crippen molar-refractivity contribution in [1.82, 2.24) is 35.0 Å². The molecule has 4 atom stereocenters. The van der Waals surface area contributed by atoms with E-state index in [0.717, 1.165) is 39.6 Å². The molecule has 8 rings (SSSR count). The Bertz CT molecular complexity index is 2740. The van der Waals surface area contributed by atoms with Gasteiger partial charge in [0.05, 0.1) is 17.1 Å². The van der Waals surface area contributed by atoms with Crippen molar-refractivity contribution in [3.63, 3.8) is 0 Å². The minimum absolute atomic E-state index is 0.242. The molecule has 2 saturated heterocycles. The van der Waals surface area contributed by atoms with Crippen molar-refractivity contribution < 1.29 is 33.8 Å². The molecule has 5 N–H and O–H groups in total. The molecular formula is C50H56N8O7. The van der Waals surface area contributed by atoms with Crippen molar-refractivity contribution in [2.45, 2.75) is 103 Å². The van der Waals surface area contributed by atoms with E-state index in [1.54, 1.807) is 70.7 Å². The summed E-state index contributed by atoms with van der Waals surface area (Å²) < 4.78 is 5.52. The molecule has 5 amide bonds. The lowest BCUT2D eigenvalue weighted by Crippen LogP contribution is -2.54. The third kappa shape index (κ3) is 9.54. The number of amides is 5. The number of imidazole rings is 1. The number of aromatic amines is 2. The molecule has 2 aromatic heterocycles. The number of carbonyl (C=O) groups is 5. The number of hydrogen-bond donors (Lipinski definition) is 5. The number of H-pyrrole nitrogens is 2. The predicted molar refractivity (Wildman–Crippen MR) is 248 cm³/mol. The van der Waals surface area contributed by atoms with Gasteiger partial charge in [0.15, 0.2) is 0 Å². The van der Waals surface area contributed by atoms with Crippen LogP contribution in [0.25, 0.3) is 33.2 Å². The molecule has 6 aromatic rings. The Morgan fingerprint density at radius 1 is 0.769 bits per heavy atom. The molecule has 65 heavy (non-hydrogen) atoms. The van der Waals surface area contributed by atoms with E-state index in [0.29, 0.717) is 55.0 Å². The molecule has 0 unspecified atom stereocenters. The van der Waals surface area contributed by atoms with Gasteiger partial charge in [0, 0.05) is 46.5 Å². The lowest BCUT2D eigenvalue weighted by atomic mass is 9.97. The summed E-state index contributed by atoms with van der Waals surface area (Å²) in [5.74, 6) is -0.353. The number of carboxylic acid groups (broad SMARTS) is 1. The highest BCUT2D eigenvalue weighted by Gasteiger charge is 2.44. The van der Waals surface area contributed by atoms with E-state index in [4.69, 9.17) is 9.72 Å². The van der Waals surface area contributed by atoms with Gasteiger partial charge in [-0.25, -0.2) is 14.6 Å². The van der Waals surface area contributed by atoms with Crippen LogP contribution in [0.4, 0.5) is 15.3 Å². The predicted octanol–water partition coefficient (Wildman–Crippen LogP) is 9.09. The number of anilines is 1. The Labute approximate surface area is 377 Å². The summed E-state index contributed by atoms with van der Waals surface area (Å²) in [5, 5.41) is 17.0. The number of aromatic nitrogens is 3. The summed E-state index contributed by atoms with van der Waals surface area (Å²) in [6, 6.07) is 28.4. The summed E-state index contributed by atoms with van der Waals surface area (Å²) in [6.45, 7) is 11.4. The van der Waals surface area contributed by atoms with Gasteiger partial charge in [-0.15, -0.1) is 0 Å². The van der Waals surface area contributed by atoms with Crippen LogP contribution in [-0.2, 0) is 19.1 Å². The zero-order chi connectivity index (χ0) is 46.2. The zero-order valence-corrected chi connectivity index (χ0v) is 37.6. The Morgan fingerprint density at radius 2 is 1.45 bits per heavy atom. The molecular weight excluding hydrogens is 825 g/mol. The molecule has 15 heteroatoms. The first-order valence-electron chi connectivity index (χ1n) is 22.1. The number of hydrogen-bond acceptors (Lipinski definition) is 7. The van der Waals surface area contributed by atoms with Gasteiger partial charge in [0.1, 0.15) is 29.6 Å². The number of ether oxygens (including phenoxy) is 1. The van der Waals surface area contributed by atoms with Gasteiger partial charge in [-0.3, -0.25) is 19.3 Å². The quantitative estimate of drug-likeness (QED) is 0.0899. The molecule has 4 aromatic carbocycles. The van der Waals surface area contributed by atoms with Crippen LogP contribution in [0.3, 0.4) is 0 Å². The van der Waals surface area contributed by atoms with Crippen molar-refractivity contribution in [2.24, 2.45) is 0 Å². The average molecular weight is 881 g/mol. The summed E-state index contributed by atoms with van der Waals surface area (Å²) in [6.07, 6.45) is 0.646. The second-order valence-electron chi connectivity index (χ2n) is 18.8. The van der Waals surface area contributed by atoms with Crippen LogP contribution in [0.2, 0.25) is 0 Å². The van der Waals surface area contributed by atoms with Crippen LogP contribution in [0, 0.1) is 0 Å². The lowest BCUT2D eigenvalue weighted by molar-refractivity contribution is -0.142. The van der Waals surface area contributed by atoms with Crippen molar-refractivity contribution in [3.8, 4) is 11.3 Å². The SMILES string of the molecule is CC(C)(C)OC(=O)N[C@@H](C(=O)N1CCC[C@H]1c1nc2ccc(-c3cc4cc(NC(=O)[C@@H]5CCCN5C(=O)[C@@H](c5ccccc5)N(C(=O)O)C(C)(C)C)ccc4[nH]3)cc2[nH]1)c1ccccc1. The van der Waals surface area contributed by atoms with Crippen LogP contribution in [-0.4, -0.2) is 94.9 Å². The maximum Gasteiger partial charge on any atom is 0.408 e. The van der Waals surface area contributed by atoms with Gasteiger partial charge in [-0.1, -0.05) is 66.7 Å². The molecule has 0 bridgehead atoms. The second kappa shape index (κ2) is 17.8. The van der Waals surface area contributed by atoms with Crippen molar-refractivity contribution in [2.75, 3.05) is 18.4 Å². The Kier molecular flexibility index (Phi) is 12.2. The van der Waals surface area contributed by atoms with Crippen LogP contribution in [0.5, 0.6) is 0 Å². The average Bonchev–Trinajstić information content (AvgIpc) is 4.09. The molecule has 0 saturated carbocycles. The van der Waals surface area contributed by atoms with E-state index in [9.17, 15) is 29.1 Å². The van der Waals surface area contributed by atoms with Gasteiger partial charge < -0.3 is 40.2 Å². The van der Waals surface area contributed by atoms with E-state index in [-0.39, 0.29) is 17.9 Å². The zero-order valence-electron chi connectivity index (χ0n) is 37.6. The van der Waals surface area contributed by atoms with Gasteiger partial charge in [-0.2, -0.15) is 0 Å². The van der Waals surface area contributed by atoms with E-state index in [1.807, 2.05) is 78.9 Å². The third-order valence-corrected chi connectivity index (χ3v) is 12.0. The number of alkyl carbamates (subject to hydrolysis) is 1. The van der Waals surface area contributed by atoms with Gasteiger partial charge >= 0.3 is 12.2 Å². The fraction of sp³-hybridized carbons (Fsp3) is 0.360. The maximum absolute atomic E-state index is 14.3. The van der Waals surface area contributed by atoms with Crippen LogP contribution in [0.15, 0.2) is 103 Å². The Balaban J connectivity index is 0.984. The van der Waals surface area contributed by atoms with E-state index < -0.39 is 47.4 Å². The van der Waals surface area contributed by atoms with Crippen LogP contribution in [0.1, 0.15) is 102 Å². The number of rotatable bonds is 10. The highest BCUT2D eigenvalue weighted by atomic mass is 16.6. The molecule has 338 valence electrons. The first-order chi connectivity index (χ1) is 30.9. The number of nitrogens with one attached hydrogen (secondary N) is 4. The highest BCUT2D eigenvalue weighted by Crippen LogP contribution is 2.37. The first kappa shape index (κ1) is 44.4. The topological polar surface area (TPSA) is 193 Å². The van der Waals surface area contributed by atoms with Gasteiger partial charge in [-0.05, 0) is 115 Å². The summed E-state index contributed by atoms with van der Waals surface area (Å²) in [7, 11) is 0. The molecule has 2 aliphatic rings. The second-order valence-corrected chi connectivity index (χ2v) is 18.8. The number of carbonyl (C=O) groups excluding carboxylic acids is 4. The lowest BCUT2D eigenvalue weighted by Gasteiger charge is -2.41. The molecule has 2 aliphatic heterocycles. The molecule has 2 fully saturated rings. The summed E-state index contributed by atoms with van der Waals surface area (Å²) >= 11 is 0. The first-order valence-corrected chi connectivity index (χ1v) is 22.1. The van der Waals surface area contributed by atoms with Crippen LogP contribution >= 0.6 is 0 Å². The Morgan fingerprint density at radius 3 is 2.12 bits per heavy atom. The van der Waals surface area contributed by atoms with Crippen LogP contribution < -0.4 is 10.6 Å². The largest absolute Gasteiger partial charge is 0.465 e. The molecule has 0 spiro atoms. The number of nitrogens with zero attached hydrogens (tertiary/aromatic N) is 4. The van der Waals surface area contributed by atoms with Crippen molar-refractivity contribution in [3.05, 3.63) is 120 Å². The van der Waals surface area contributed by atoms with Crippen molar-refractivity contribution >= 4 is 57.5 Å². The van der Waals surface area contributed by atoms with Crippen molar-refractivity contribution in [1.29, 1.82) is 0 Å². The number of likely N-dealkylation sites (tertiary alicyclic amines) is 2. The number of fused-ring (bicyclic) bond motifs is 2. The standard InChI is InChI=1S/C50H56N8O7/c1-49(2,3)58(48(63)64)42(31-17-11-8-12-18-31)46(61)57-26-14-20-40(57)44(59)51-34-22-24-35-33(27-34)29-37(52-35)32-21-23-36-38(28-32)54-43(53-36)39-19-13-25-56(39)45(60)41(30-15-9-7-10-16-30)55-47(62)65-50(4,5)6/h7-12,15-18,21-24,27-29,39-42,52H,13-14,19-20,25-26H2,1-6H3,(H,51,59)(H,53,54)(H,55,62)(H,63,64)/t39-,40-,41+,42+/m0/s1. The summed E-state index contributed by atoms with van der Waals surface area (Å²) in [4.78, 5) is 84.4. The van der Waals surface area contributed by atoms with E-state index in [1.165, 1.54) is 9.80 Å². The monoisotopic (exact) mass is 880 g/mol. The Hall–Kier alpha value is -7.16. The maximum atomic E-state index is 14.3.